The molecule has 0 amide bonds. The zero-order valence-corrected chi connectivity index (χ0v) is 18.0. The molecule has 0 bridgehead atoms. The van der Waals surface area contributed by atoms with Crippen LogP contribution in [-0.4, -0.2) is 13.6 Å². The summed E-state index contributed by atoms with van der Waals surface area (Å²) >= 11 is 0. The van der Waals surface area contributed by atoms with Crippen LogP contribution in [0.2, 0.25) is 0 Å². The van der Waals surface area contributed by atoms with Crippen LogP contribution in [-0.2, 0) is 19.4 Å². The SMILES string of the molecule is [Cl-].c1ccc(C[n+]2cc3c4c(ccc3c3c2-c2cc5c(cc2CC3)OCO5)OCO4)cc1. The lowest BCUT2D eigenvalue weighted by Crippen LogP contribution is -3.00. The van der Waals surface area contributed by atoms with Crippen molar-refractivity contribution in [1.82, 2.24) is 0 Å². The first kappa shape index (κ1) is 19.3. The van der Waals surface area contributed by atoms with Gasteiger partial charge in [0.2, 0.25) is 19.3 Å². The van der Waals surface area contributed by atoms with Crippen LogP contribution in [0.4, 0.5) is 0 Å². The zero-order chi connectivity index (χ0) is 20.4. The van der Waals surface area contributed by atoms with Crippen molar-refractivity contribution >= 4 is 10.8 Å². The average Bonchev–Trinajstić information content (AvgIpc) is 3.47. The van der Waals surface area contributed by atoms with Crippen molar-refractivity contribution in [3.05, 3.63) is 77.5 Å². The van der Waals surface area contributed by atoms with E-state index in [0.717, 1.165) is 47.8 Å². The minimum absolute atomic E-state index is 0. The predicted octanol–water partition coefficient (Wildman–Crippen LogP) is 1.40. The molecule has 0 saturated heterocycles. The van der Waals surface area contributed by atoms with E-state index in [1.165, 1.54) is 33.3 Å². The molecular formula is C26H20ClNO4. The molecule has 3 heterocycles. The number of aryl methyl sites for hydroxylation is 2. The van der Waals surface area contributed by atoms with Gasteiger partial charge in [-0.2, -0.15) is 4.57 Å². The first-order valence-electron chi connectivity index (χ1n) is 10.6. The van der Waals surface area contributed by atoms with E-state index in [-0.39, 0.29) is 26.0 Å². The van der Waals surface area contributed by atoms with Gasteiger partial charge in [-0.05, 0) is 42.7 Å². The lowest BCUT2D eigenvalue weighted by Gasteiger charge is -2.21. The number of halogens is 1. The summed E-state index contributed by atoms with van der Waals surface area (Å²) in [6.45, 7) is 1.34. The second kappa shape index (κ2) is 7.31. The highest BCUT2D eigenvalue weighted by molar-refractivity contribution is 5.95. The van der Waals surface area contributed by atoms with E-state index in [4.69, 9.17) is 18.9 Å². The van der Waals surface area contributed by atoms with Crippen LogP contribution >= 0.6 is 0 Å². The van der Waals surface area contributed by atoms with E-state index >= 15 is 0 Å². The molecule has 5 nitrogen and oxygen atoms in total. The lowest BCUT2D eigenvalue weighted by molar-refractivity contribution is -0.676. The van der Waals surface area contributed by atoms with E-state index < -0.39 is 0 Å². The summed E-state index contributed by atoms with van der Waals surface area (Å²) in [4.78, 5) is 0. The van der Waals surface area contributed by atoms with Gasteiger partial charge < -0.3 is 31.4 Å². The third kappa shape index (κ3) is 2.81. The Bertz CT molecular complexity index is 1370. The van der Waals surface area contributed by atoms with Crippen molar-refractivity contribution in [3.8, 4) is 34.3 Å². The molecular weight excluding hydrogens is 426 g/mol. The minimum atomic E-state index is 0. The summed E-state index contributed by atoms with van der Waals surface area (Å²) in [5, 5.41) is 2.33. The highest BCUT2D eigenvalue weighted by Crippen LogP contribution is 2.45. The summed E-state index contributed by atoms with van der Waals surface area (Å²) in [6.07, 6.45) is 4.15. The third-order valence-corrected chi connectivity index (χ3v) is 6.45. The van der Waals surface area contributed by atoms with Gasteiger partial charge in [0.25, 0.3) is 0 Å². The standard InChI is InChI=1S/C26H20NO4.ClH/c1-2-4-16(5-3-1)12-27-13-21-18(8-9-22-26(21)31-15-28-22)19-7-6-17-10-23-24(30-14-29-23)11-20(17)25(19)27;/h1-5,8-11,13H,6-7,12,14-15H2;1H/q+1;/p-1. The van der Waals surface area contributed by atoms with Gasteiger partial charge >= 0.3 is 0 Å². The molecule has 0 atom stereocenters. The monoisotopic (exact) mass is 445 g/mol. The number of hydrogen-bond donors (Lipinski definition) is 0. The highest BCUT2D eigenvalue weighted by Gasteiger charge is 2.32. The van der Waals surface area contributed by atoms with Gasteiger partial charge in [-0.1, -0.05) is 30.3 Å². The van der Waals surface area contributed by atoms with Gasteiger partial charge in [0.15, 0.2) is 35.7 Å². The summed E-state index contributed by atoms with van der Waals surface area (Å²) in [5.74, 6) is 3.33. The van der Waals surface area contributed by atoms with Gasteiger partial charge in [0.1, 0.15) is 0 Å². The van der Waals surface area contributed by atoms with Crippen molar-refractivity contribution in [1.29, 1.82) is 0 Å². The van der Waals surface area contributed by atoms with Crippen LogP contribution in [0.5, 0.6) is 23.0 Å². The fourth-order valence-corrected chi connectivity index (χ4v) is 5.05. The number of ether oxygens (including phenoxy) is 4. The van der Waals surface area contributed by atoms with Crippen molar-refractivity contribution in [2.75, 3.05) is 13.6 Å². The zero-order valence-electron chi connectivity index (χ0n) is 17.3. The van der Waals surface area contributed by atoms with E-state index in [9.17, 15) is 0 Å². The lowest BCUT2D eigenvalue weighted by atomic mass is 9.85. The Morgan fingerprint density at radius 2 is 1.53 bits per heavy atom. The molecule has 0 spiro atoms. The molecule has 7 rings (SSSR count). The van der Waals surface area contributed by atoms with Crippen LogP contribution in [0.15, 0.2) is 60.8 Å². The first-order chi connectivity index (χ1) is 15.3. The maximum Gasteiger partial charge on any atom is 0.231 e. The Kier molecular flexibility index (Phi) is 4.40. The normalized spacial score (nSPS) is 14.6. The molecule has 2 aliphatic heterocycles. The van der Waals surface area contributed by atoms with E-state index in [1.807, 2.05) is 6.07 Å². The Balaban J connectivity index is 0.00000196. The number of rotatable bonds is 2. The van der Waals surface area contributed by atoms with E-state index in [2.05, 4.69) is 59.3 Å². The summed E-state index contributed by atoms with van der Waals surface area (Å²) in [5.41, 5.74) is 6.37. The second-order valence-corrected chi connectivity index (χ2v) is 8.19. The maximum absolute atomic E-state index is 5.87. The number of pyridine rings is 1. The molecule has 32 heavy (non-hydrogen) atoms. The van der Waals surface area contributed by atoms with Crippen LogP contribution in [0, 0.1) is 0 Å². The molecule has 0 fully saturated rings. The van der Waals surface area contributed by atoms with Crippen molar-refractivity contribution in [2.45, 2.75) is 19.4 Å². The van der Waals surface area contributed by atoms with Gasteiger partial charge in [0.05, 0.1) is 10.9 Å². The molecule has 6 heteroatoms. The number of aromatic nitrogens is 1. The Morgan fingerprint density at radius 1 is 0.750 bits per heavy atom. The Hall–Kier alpha value is -3.44. The predicted molar refractivity (Wildman–Crippen MR) is 115 cm³/mol. The smallest absolute Gasteiger partial charge is 0.231 e. The van der Waals surface area contributed by atoms with Crippen molar-refractivity contribution < 1.29 is 35.9 Å². The number of nitrogens with zero attached hydrogens (tertiary/aromatic N) is 1. The van der Waals surface area contributed by atoms with Crippen LogP contribution in [0.25, 0.3) is 22.0 Å². The largest absolute Gasteiger partial charge is 1.00 e. The molecule has 1 aromatic heterocycles. The summed E-state index contributed by atoms with van der Waals surface area (Å²) in [7, 11) is 0. The maximum atomic E-state index is 5.87. The number of benzene rings is 3. The van der Waals surface area contributed by atoms with Crippen LogP contribution < -0.4 is 35.9 Å². The van der Waals surface area contributed by atoms with Gasteiger partial charge in [0, 0.05) is 16.5 Å². The van der Waals surface area contributed by atoms with Crippen molar-refractivity contribution in [3.63, 3.8) is 0 Å². The first-order valence-corrected chi connectivity index (χ1v) is 10.6. The van der Waals surface area contributed by atoms with E-state index in [1.54, 1.807) is 0 Å². The molecule has 0 unspecified atom stereocenters. The molecule has 3 aliphatic rings. The van der Waals surface area contributed by atoms with Crippen LogP contribution in [0.3, 0.4) is 0 Å². The van der Waals surface area contributed by atoms with Crippen LogP contribution in [0.1, 0.15) is 16.7 Å². The third-order valence-electron chi connectivity index (χ3n) is 6.45. The number of fused-ring (bicyclic) bond motifs is 8. The van der Waals surface area contributed by atoms with Crippen molar-refractivity contribution in [2.24, 2.45) is 0 Å². The summed E-state index contributed by atoms with van der Waals surface area (Å²) in [6, 6.07) is 19.1. The average molecular weight is 446 g/mol. The molecule has 3 aromatic carbocycles. The fraction of sp³-hybridized carbons (Fsp3) is 0.192. The molecule has 0 N–H and O–H groups in total. The molecule has 0 radical (unpaired) electrons. The summed E-state index contributed by atoms with van der Waals surface area (Å²) < 4.78 is 25.2. The minimum Gasteiger partial charge on any atom is -1.00 e. The van der Waals surface area contributed by atoms with Gasteiger partial charge in [-0.25, -0.2) is 0 Å². The Morgan fingerprint density at radius 3 is 2.41 bits per heavy atom. The van der Waals surface area contributed by atoms with Gasteiger partial charge in [-0.3, -0.25) is 0 Å². The Labute approximate surface area is 191 Å². The topological polar surface area (TPSA) is 40.8 Å². The molecule has 160 valence electrons. The second-order valence-electron chi connectivity index (χ2n) is 8.19. The quantitative estimate of drug-likeness (QED) is 0.437. The number of hydrogen-bond acceptors (Lipinski definition) is 4. The highest BCUT2D eigenvalue weighted by atomic mass is 35.5. The van der Waals surface area contributed by atoms with E-state index in [0.29, 0.717) is 0 Å². The molecule has 0 saturated carbocycles. The molecule has 4 aromatic rings. The fourth-order valence-electron chi connectivity index (χ4n) is 5.05. The van der Waals surface area contributed by atoms with Gasteiger partial charge in [-0.15, -0.1) is 0 Å². The molecule has 1 aliphatic carbocycles.